The zero-order valence-corrected chi connectivity index (χ0v) is 15.4. The molecule has 0 bridgehead atoms. The molecule has 3 nitrogen and oxygen atoms in total. The monoisotopic (exact) mass is 349 g/mol. The molecule has 2 fully saturated rings. The van der Waals surface area contributed by atoms with E-state index in [0.717, 1.165) is 30.7 Å². The van der Waals surface area contributed by atoms with Crippen molar-refractivity contribution < 1.29 is 9.53 Å². The summed E-state index contributed by atoms with van der Waals surface area (Å²) in [5, 5.41) is 0. The summed E-state index contributed by atoms with van der Waals surface area (Å²) in [5.74, 6) is 0.905. The van der Waals surface area contributed by atoms with Crippen molar-refractivity contribution >= 4 is 5.91 Å². The van der Waals surface area contributed by atoms with Crippen LogP contribution in [-0.2, 0) is 15.1 Å². The van der Waals surface area contributed by atoms with Gasteiger partial charge < -0.3 is 9.64 Å². The first-order valence-corrected chi connectivity index (χ1v) is 9.72. The fraction of sp³-hybridized carbons (Fsp3) is 0.435. The van der Waals surface area contributed by atoms with Crippen molar-refractivity contribution in [2.45, 2.75) is 44.2 Å². The van der Waals surface area contributed by atoms with Gasteiger partial charge in [-0.1, -0.05) is 60.7 Å². The molecule has 136 valence electrons. The van der Waals surface area contributed by atoms with Gasteiger partial charge in [-0.25, -0.2) is 0 Å². The van der Waals surface area contributed by atoms with Crippen LogP contribution < -0.4 is 0 Å². The van der Waals surface area contributed by atoms with Gasteiger partial charge in [0.05, 0.1) is 12.1 Å². The highest BCUT2D eigenvalue weighted by Crippen LogP contribution is 2.45. The van der Waals surface area contributed by atoms with Crippen LogP contribution in [0.25, 0.3) is 0 Å². The Balaban J connectivity index is 1.78. The van der Waals surface area contributed by atoms with Gasteiger partial charge >= 0.3 is 0 Å². The summed E-state index contributed by atoms with van der Waals surface area (Å²) in [6.07, 6.45) is 3.89. The van der Waals surface area contributed by atoms with Crippen molar-refractivity contribution in [2.75, 3.05) is 13.2 Å². The maximum absolute atomic E-state index is 12.8. The minimum absolute atomic E-state index is 0.172. The van der Waals surface area contributed by atoms with Gasteiger partial charge in [0.2, 0.25) is 5.91 Å². The average Bonchev–Trinajstić information content (AvgIpc) is 3.41. The van der Waals surface area contributed by atoms with Crippen molar-refractivity contribution in [1.29, 1.82) is 0 Å². The molecule has 1 heterocycles. The lowest BCUT2D eigenvalue weighted by atomic mass is 9.81. The largest absolute Gasteiger partial charge is 0.370 e. The topological polar surface area (TPSA) is 29.5 Å². The highest BCUT2D eigenvalue weighted by Gasteiger charge is 2.47. The van der Waals surface area contributed by atoms with Crippen LogP contribution in [0, 0.1) is 5.92 Å². The van der Waals surface area contributed by atoms with E-state index in [0.29, 0.717) is 12.3 Å². The third-order valence-corrected chi connectivity index (χ3v) is 5.80. The molecule has 0 spiro atoms. The summed E-state index contributed by atoms with van der Waals surface area (Å²) in [6.45, 7) is 3.74. The van der Waals surface area contributed by atoms with Gasteiger partial charge in [-0.2, -0.15) is 0 Å². The third kappa shape index (κ3) is 3.28. The Morgan fingerprint density at radius 1 is 1.08 bits per heavy atom. The van der Waals surface area contributed by atoms with Crippen molar-refractivity contribution in [2.24, 2.45) is 5.92 Å². The van der Waals surface area contributed by atoms with Crippen LogP contribution in [-0.4, -0.2) is 24.0 Å². The van der Waals surface area contributed by atoms with E-state index in [4.69, 9.17) is 4.74 Å². The molecule has 4 rings (SSSR count). The van der Waals surface area contributed by atoms with Gasteiger partial charge in [-0.15, -0.1) is 0 Å². The molecule has 3 heteroatoms. The molecule has 0 N–H and O–H groups in total. The van der Waals surface area contributed by atoms with Crippen molar-refractivity contribution in [3.8, 4) is 0 Å². The van der Waals surface area contributed by atoms with E-state index in [1.165, 1.54) is 12.8 Å². The van der Waals surface area contributed by atoms with Gasteiger partial charge in [0.1, 0.15) is 6.10 Å². The average molecular weight is 349 g/mol. The first-order valence-electron chi connectivity index (χ1n) is 9.72. The second-order valence-electron chi connectivity index (χ2n) is 7.73. The standard InChI is InChI=1S/C23H27NO2/c1-23(20-11-6-3-7-12-20,24-16-8-13-21(24)25)22(26-17-18-14-15-18)19-9-4-2-5-10-19/h2-7,9-12,18,22H,8,13-17H2,1H3/t22-,23-/m0/s1. The molecule has 1 aliphatic heterocycles. The predicted octanol–water partition coefficient (Wildman–Crippen LogP) is 4.69. The Morgan fingerprint density at radius 2 is 1.73 bits per heavy atom. The minimum atomic E-state index is -0.509. The number of benzene rings is 2. The Morgan fingerprint density at radius 3 is 2.31 bits per heavy atom. The molecular formula is C23H27NO2. The number of amides is 1. The quantitative estimate of drug-likeness (QED) is 0.725. The summed E-state index contributed by atoms with van der Waals surface area (Å²) < 4.78 is 6.54. The zero-order chi connectivity index (χ0) is 18.0. The van der Waals surface area contributed by atoms with Crippen LogP contribution in [0.2, 0.25) is 0 Å². The van der Waals surface area contributed by atoms with Crippen molar-refractivity contribution in [3.63, 3.8) is 0 Å². The molecule has 26 heavy (non-hydrogen) atoms. The summed E-state index contributed by atoms with van der Waals surface area (Å²) in [5.41, 5.74) is 1.77. The van der Waals surface area contributed by atoms with Gasteiger partial charge in [0, 0.05) is 13.0 Å². The maximum Gasteiger partial charge on any atom is 0.223 e. The Labute approximate surface area is 156 Å². The van der Waals surface area contributed by atoms with E-state index >= 15 is 0 Å². The first kappa shape index (κ1) is 17.3. The van der Waals surface area contributed by atoms with Crippen LogP contribution in [0.5, 0.6) is 0 Å². The van der Waals surface area contributed by atoms with Crippen LogP contribution >= 0.6 is 0 Å². The number of hydrogen-bond donors (Lipinski definition) is 0. The second-order valence-corrected chi connectivity index (χ2v) is 7.73. The van der Waals surface area contributed by atoms with E-state index in [-0.39, 0.29) is 12.0 Å². The predicted molar refractivity (Wildman–Crippen MR) is 103 cm³/mol. The number of carbonyl (C=O) groups is 1. The normalized spacial score (nSPS) is 20.8. The number of carbonyl (C=O) groups excluding carboxylic acids is 1. The lowest BCUT2D eigenvalue weighted by Gasteiger charge is -2.45. The highest BCUT2D eigenvalue weighted by atomic mass is 16.5. The number of likely N-dealkylation sites (tertiary alicyclic amines) is 1. The highest BCUT2D eigenvalue weighted by molar-refractivity contribution is 5.79. The smallest absolute Gasteiger partial charge is 0.223 e. The fourth-order valence-electron chi connectivity index (χ4n) is 4.09. The molecule has 1 aliphatic carbocycles. The molecule has 0 radical (unpaired) electrons. The van der Waals surface area contributed by atoms with E-state index in [9.17, 15) is 4.79 Å². The van der Waals surface area contributed by atoms with Gasteiger partial charge in [0.15, 0.2) is 0 Å². The van der Waals surface area contributed by atoms with Crippen LogP contribution in [0.15, 0.2) is 60.7 Å². The zero-order valence-electron chi connectivity index (χ0n) is 15.4. The Bertz CT molecular complexity index is 741. The Kier molecular flexibility index (Phi) is 4.82. The molecule has 0 unspecified atom stereocenters. The molecule has 1 saturated heterocycles. The third-order valence-electron chi connectivity index (χ3n) is 5.80. The SMILES string of the molecule is C[C@](c1ccccc1)([C@@H](OCC1CC1)c1ccccc1)N1CCCC1=O. The van der Waals surface area contributed by atoms with Crippen LogP contribution in [0.3, 0.4) is 0 Å². The van der Waals surface area contributed by atoms with Gasteiger partial charge in [-0.3, -0.25) is 4.79 Å². The molecule has 2 atom stereocenters. The number of ether oxygens (including phenoxy) is 1. The van der Waals surface area contributed by atoms with Crippen LogP contribution in [0.4, 0.5) is 0 Å². The summed E-state index contributed by atoms with van der Waals surface area (Å²) in [4.78, 5) is 14.8. The molecule has 1 saturated carbocycles. The lowest BCUT2D eigenvalue weighted by molar-refractivity contribution is -0.142. The van der Waals surface area contributed by atoms with Crippen molar-refractivity contribution in [3.05, 3.63) is 71.8 Å². The Hall–Kier alpha value is -2.13. The lowest BCUT2D eigenvalue weighted by Crippen LogP contribution is -2.49. The molecule has 2 aromatic rings. The van der Waals surface area contributed by atoms with Gasteiger partial charge in [0.25, 0.3) is 0 Å². The molecule has 2 aromatic carbocycles. The molecule has 1 amide bonds. The molecule has 0 aromatic heterocycles. The second kappa shape index (κ2) is 7.24. The van der Waals surface area contributed by atoms with Crippen molar-refractivity contribution in [1.82, 2.24) is 4.90 Å². The fourth-order valence-corrected chi connectivity index (χ4v) is 4.09. The van der Waals surface area contributed by atoms with Gasteiger partial charge in [-0.05, 0) is 43.2 Å². The summed E-state index contributed by atoms with van der Waals surface area (Å²) >= 11 is 0. The van der Waals surface area contributed by atoms with E-state index in [1.807, 2.05) is 17.0 Å². The number of nitrogens with zero attached hydrogens (tertiary/aromatic N) is 1. The van der Waals surface area contributed by atoms with E-state index in [1.54, 1.807) is 0 Å². The van der Waals surface area contributed by atoms with E-state index in [2.05, 4.69) is 55.5 Å². The van der Waals surface area contributed by atoms with Crippen LogP contribution in [0.1, 0.15) is 49.8 Å². The van der Waals surface area contributed by atoms with E-state index < -0.39 is 5.54 Å². The molecule has 2 aliphatic rings. The number of rotatable bonds is 7. The number of hydrogen-bond acceptors (Lipinski definition) is 2. The maximum atomic E-state index is 12.8. The minimum Gasteiger partial charge on any atom is -0.370 e. The summed E-state index contributed by atoms with van der Waals surface area (Å²) in [7, 11) is 0. The summed E-state index contributed by atoms with van der Waals surface area (Å²) in [6, 6.07) is 20.8. The first-order chi connectivity index (χ1) is 12.7. The molecular weight excluding hydrogens is 322 g/mol.